The van der Waals surface area contributed by atoms with Crippen LogP contribution in [0.3, 0.4) is 0 Å². The summed E-state index contributed by atoms with van der Waals surface area (Å²) >= 11 is 0. The van der Waals surface area contributed by atoms with E-state index in [1.54, 1.807) is 13.0 Å². The summed E-state index contributed by atoms with van der Waals surface area (Å²) < 4.78 is 27.2. The van der Waals surface area contributed by atoms with Crippen molar-refractivity contribution in [2.75, 3.05) is 0 Å². The van der Waals surface area contributed by atoms with Crippen LogP contribution in [0.25, 0.3) is 5.65 Å². The molecular formula is C15H11F2N3O3. The van der Waals surface area contributed by atoms with E-state index in [9.17, 15) is 18.4 Å². The molecule has 0 bridgehead atoms. The van der Waals surface area contributed by atoms with E-state index in [4.69, 9.17) is 5.11 Å². The molecule has 2 N–H and O–H groups in total. The lowest BCUT2D eigenvalue weighted by Gasteiger charge is -2.04. The van der Waals surface area contributed by atoms with Gasteiger partial charge in [-0.2, -0.15) is 4.52 Å². The van der Waals surface area contributed by atoms with Gasteiger partial charge in [-0.1, -0.05) is 6.07 Å². The lowest BCUT2D eigenvalue weighted by molar-refractivity contribution is 0.0684. The number of H-pyrrole nitrogens is 1. The third-order valence-corrected chi connectivity index (χ3v) is 3.46. The number of rotatable bonds is 3. The molecule has 3 aromatic rings. The first-order valence-corrected chi connectivity index (χ1v) is 6.65. The summed E-state index contributed by atoms with van der Waals surface area (Å²) in [5.41, 5.74) is 1.10. The number of aromatic nitrogens is 3. The first-order chi connectivity index (χ1) is 10.9. The fourth-order valence-electron chi connectivity index (χ4n) is 2.37. The van der Waals surface area contributed by atoms with Gasteiger partial charge in [-0.05, 0) is 36.2 Å². The molecule has 118 valence electrons. The topological polar surface area (TPSA) is 87.5 Å². The maximum atomic E-state index is 13.3. The fourth-order valence-corrected chi connectivity index (χ4v) is 2.37. The van der Waals surface area contributed by atoms with Crippen molar-refractivity contribution in [3.8, 4) is 0 Å². The highest BCUT2D eigenvalue weighted by Gasteiger charge is 2.15. The van der Waals surface area contributed by atoms with Crippen LogP contribution in [0.15, 0.2) is 29.1 Å². The average Bonchev–Trinajstić information content (AvgIpc) is 2.94. The molecule has 0 atom stereocenters. The summed E-state index contributed by atoms with van der Waals surface area (Å²) in [6.07, 6.45) is 0.0785. The number of benzene rings is 1. The molecule has 6 nitrogen and oxygen atoms in total. The first-order valence-electron chi connectivity index (χ1n) is 6.65. The highest BCUT2D eigenvalue weighted by atomic mass is 19.2. The molecule has 0 saturated carbocycles. The third kappa shape index (κ3) is 2.59. The molecule has 0 fully saturated rings. The Balaban J connectivity index is 2.11. The van der Waals surface area contributed by atoms with Crippen LogP contribution in [0.5, 0.6) is 0 Å². The van der Waals surface area contributed by atoms with Crippen LogP contribution in [-0.2, 0) is 6.42 Å². The zero-order valence-electron chi connectivity index (χ0n) is 11.9. The number of hydrogen-bond acceptors (Lipinski definition) is 3. The Morgan fingerprint density at radius 2 is 2.04 bits per heavy atom. The van der Waals surface area contributed by atoms with E-state index in [1.165, 1.54) is 6.07 Å². The number of nitrogens with one attached hydrogen (secondary N) is 1. The fraction of sp³-hybridized carbons (Fsp3) is 0.133. The second kappa shape index (κ2) is 5.31. The average molecular weight is 319 g/mol. The zero-order valence-corrected chi connectivity index (χ0v) is 11.9. The minimum Gasteiger partial charge on any atom is -0.475 e. The Kier molecular flexibility index (Phi) is 3.44. The van der Waals surface area contributed by atoms with E-state index in [2.05, 4.69) is 10.1 Å². The molecule has 1 aromatic carbocycles. The van der Waals surface area contributed by atoms with Gasteiger partial charge in [-0.3, -0.25) is 4.79 Å². The summed E-state index contributed by atoms with van der Waals surface area (Å²) in [7, 11) is 0. The SMILES string of the molecule is Cc1cc(Cc2ccc(F)c(F)c2)c(=O)n2nc(C(=O)O)[nH]c12. The number of carbonyl (C=O) groups is 1. The Hall–Kier alpha value is -3.03. The first kappa shape index (κ1) is 14.9. The van der Waals surface area contributed by atoms with Crippen molar-refractivity contribution in [3.63, 3.8) is 0 Å². The minimum atomic E-state index is -1.28. The summed E-state index contributed by atoms with van der Waals surface area (Å²) in [5.74, 6) is -3.59. The summed E-state index contributed by atoms with van der Waals surface area (Å²) in [6.45, 7) is 1.69. The van der Waals surface area contributed by atoms with Gasteiger partial charge in [-0.25, -0.2) is 13.6 Å². The minimum absolute atomic E-state index is 0.0785. The molecule has 0 aliphatic carbocycles. The number of carboxylic acids is 1. The molecule has 2 aromatic heterocycles. The maximum absolute atomic E-state index is 13.3. The predicted octanol–water partition coefficient (Wildman–Crippen LogP) is 1.90. The highest BCUT2D eigenvalue weighted by Crippen LogP contribution is 2.14. The van der Waals surface area contributed by atoms with Crippen LogP contribution in [-0.4, -0.2) is 25.7 Å². The van der Waals surface area contributed by atoms with Gasteiger partial charge in [0, 0.05) is 12.0 Å². The maximum Gasteiger partial charge on any atom is 0.373 e. The molecule has 0 radical (unpaired) electrons. The number of aromatic amines is 1. The molecule has 2 heterocycles. The number of nitrogens with zero attached hydrogens (tertiary/aromatic N) is 2. The molecule has 3 rings (SSSR count). The number of hydrogen-bond donors (Lipinski definition) is 2. The van der Waals surface area contributed by atoms with Crippen LogP contribution in [0, 0.1) is 18.6 Å². The highest BCUT2D eigenvalue weighted by molar-refractivity contribution is 5.83. The van der Waals surface area contributed by atoms with Crippen LogP contribution in [0.2, 0.25) is 0 Å². The third-order valence-electron chi connectivity index (χ3n) is 3.46. The van der Waals surface area contributed by atoms with Gasteiger partial charge in [0.1, 0.15) is 5.65 Å². The second-order valence-corrected chi connectivity index (χ2v) is 5.12. The smallest absolute Gasteiger partial charge is 0.373 e. The number of pyridine rings is 1. The number of aromatic carboxylic acids is 1. The lowest BCUT2D eigenvalue weighted by Crippen LogP contribution is -2.20. The van der Waals surface area contributed by atoms with Crippen molar-refractivity contribution in [2.24, 2.45) is 0 Å². The zero-order chi connectivity index (χ0) is 16.7. The van der Waals surface area contributed by atoms with Crippen molar-refractivity contribution in [2.45, 2.75) is 13.3 Å². The van der Waals surface area contributed by atoms with Gasteiger partial charge in [-0.15, -0.1) is 5.10 Å². The normalized spacial score (nSPS) is 11.1. The Morgan fingerprint density at radius 1 is 1.30 bits per heavy atom. The van der Waals surface area contributed by atoms with Gasteiger partial charge < -0.3 is 10.1 Å². The van der Waals surface area contributed by atoms with Crippen molar-refractivity contribution < 1.29 is 18.7 Å². The molecular weight excluding hydrogens is 308 g/mol. The van der Waals surface area contributed by atoms with Crippen LogP contribution < -0.4 is 5.56 Å². The summed E-state index contributed by atoms with van der Waals surface area (Å²) in [5, 5.41) is 12.7. The number of fused-ring (bicyclic) bond motifs is 1. The molecule has 8 heteroatoms. The largest absolute Gasteiger partial charge is 0.475 e. The van der Waals surface area contributed by atoms with Crippen LogP contribution >= 0.6 is 0 Å². The van der Waals surface area contributed by atoms with Gasteiger partial charge in [0.2, 0.25) is 5.82 Å². The molecule has 0 unspecified atom stereocenters. The van der Waals surface area contributed by atoms with E-state index < -0.39 is 23.2 Å². The molecule has 0 aliphatic heterocycles. The van der Waals surface area contributed by atoms with Crippen molar-refractivity contribution in [1.29, 1.82) is 0 Å². The van der Waals surface area contributed by atoms with Gasteiger partial charge in [0.25, 0.3) is 5.56 Å². The van der Waals surface area contributed by atoms with E-state index in [0.29, 0.717) is 16.7 Å². The molecule has 0 saturated heterocycles. The van der Waals surface area contributed by atoms with Gasteiger partial charge in [0.15, 0.2) is 11.6 Å². The van der Waals surface area contributed by atoms with Gasteiger partial charge in [0.05, 0.1) is 0 Å². The summed E-state index contributed by atoms with van der Waals surface area (Å²) in [4.78, 5) is 25.9. The molecule has 0 amide bonds. The number of carboxylic acid groups (broad SMARTS) is 1. The Bertz CT molecular complexity index is 992. The monoisotopic (exact) mass is 319 g/mol. The Morgan fingerprint density at radius 3 is 2.70 bits per heavy atom. The molecule has 0 spiro atoms. The van der Waals surface area contributed by atoms with E-state index in [-0.39, 0.29) is 17.9 Å². The summed E-state index contributed by atoms with van der Waals surface area (Å²) in [6, 6.07) is 4.97. The Labute approximate surface area is 128 Å². The van der Waals surface area contributed by atoms with E-state index in [1.807, 2.05) is 0 Å². The molecule has 23 heavy (non-hydrogen) atoms. The van der Waals surface area contributed by atoms with E-state index >= 15 is 0 Å². The van der Waals surface area contributed by atoms with Crippen molar-refractivity contribution in [3.05, 3.63) is 68.8 Å². The lowest BCUT2D eigenvalue weighted by atomic mass is 10.0. The van der Waals surface area contributed by atoms with Crippen molar-refractivity contribution >= 4 is 11.6 Å². The van der Waals surface area contributed by atoms with Crippen LogP contribution in [0.4, 0.5) is 8.78 Å². The second-order valence-electron chi connectivity index (χ2n) is 5.12. The quantitative estimate of drug-likeness (QED) is 0.772. The standard InChI is InChI=1S/C15H11F2N3O3/c1-7-4-9(5-8-2-3-10(16)11(17)6-8)14(21)20-13(7)18-12(19-20)15(22)23/h2-4,6H,5H2,1H3,(H,18,19)(H,22,23). The van der Waals surface area contributed by atoms with Gasteiger partial charge >= 0.3 is 5.97 Å². The van der Waals surface area contributed by atoms with Crippen molar-refractivity contribution in [1.82, 2.24) is 14.6 Å². The molecule has 0 aliphatic rings. The predicted molar refractivity (Wildman–Crippen MR) is 76.7 cm³/mol. The number of aryl methyl sites for hydroxylation is 1. The van der Waals surface area contributed by atoms with Crippen LogP contribution in [0.1, 0.15) is 27.3 Å². The number of halogens is 2. The van der Waals surface area contributed by atoms with E-state index in [0.717, 1.165) is 16.6 Å².